The summed E-state index contributed by atoms with van der Waals surface area (Å²) in [6.45, 7) is 0. The number of aromatic nitrogens is 2. The zero-order valence-corrected chi connectivity index (χ0v) is 14.0. The van der Waals surface area contributed by atoms with Crippen molar-refractivity contribution in [2.75, 3.05) is 0 Å². The van der Waals surface area contributed by atoms with Crippen molar-refractivity contribution in [2.45, 2.75) is 18.9 Å². The number of rotatable bonds is 6. The van der Waals surface area contributed by atoms with E-state index in [9.17, 15) is 23.5 Å². The van der Waals surface area contributed by atoms with E-state index in [2.05, 4.69) is 15.3 Å². The number of amides is 1. The molecule has 0 aliphatic carbocycles. The van der Waals surface area contributed by atoms with E-state index in [4.69, 9.17) is 0 Å². The standard InChI is InChI=1S/C19H15F2N3O3/c20-13-4-3-5-14(21)12(13)9-18(25)24-17(19(26)27)8-11-10-22-15-6-1-2-7-16(15)23-11/h1-7,10,17H,8-9H2,(H,24,25)(H,26,27)/t17-/m1/s1. The Morgan fingerprint density at radius 1 is 1.04 bits per heavy atom. The van der Waals surface area contributed by atoms with Crippen LogP contribution >= 0.6 is 0 Å². The zero-order valence-electron chi connectivity index (χ0n) is 14.0. The van der Waals surface area contributed by atoms with Gasteiger partial charge < -0.3 is 10.4 Å². The molecule has 1 aromatic heterocycles. The van der Waals surface area contributed by atoms with E-state index < -0.39 is 41.5 Å². The molecule has 0 radical (unpaired) electrons. The highest BCUT2D eigenvalue weighted by atomic mass is 19.1. The number of nitrogens with zero attached hydrogens (tertiary/aromatic N) is 2. The van der Waals surface area contributed by atoms with Gasteiger partial charge in [-0.2, -0.15) is 0 Å². The predicted molar refractivity (Wildman–Crippen MR) is 92.9 cm³/mol. The third kappa shape index (κ3) is 4.41. The number of halogens is 2. The molecule has 0 saturated heterocycles. The fourth-order valence-electron chi connectivity index (χ4n) is 2.61. The van der Waals surface area contributed by atoms with Crippen LogP contribution in [0.4, 0.5) is 8.78 Å². The minimum atomic E-state index is -1.30. The van der Waals surface area contributed by atoms with Gasteiger partial charge in [0.25, 0.3) is 0 Å². The summed E-state index contributed by atoms with van der Waals surface area (Å²) in [5.41, 5.74) is 1.22. The van der Waals surface area contributed by atoms with Crippen LogP contribution in [0.5, 0.6) is 0 Å². The molecule has 0 fully saturated rings. The first-order chi connectivity index (χ1) is 12.9. The minimum Gasteiger partial charge on any atom is -0.480 e. The number of nitrogens with one attached hydrogen (secondary N) is 1. The van der Waals surface area contributed by atoms with Crippen molar-refractivity contribution in [3.05, 3.63) is 71.6 Å². The van der Waals surface area contributed by atoms with Gasteiger partial charge >= 0.3 is 5.97 Å². The van der Waals surface area contributed by atoms with Crippen LogP contribution in [-0.4, -0.2) is 33.0 Å². The summed E-state index contributed by atoms with van der Waals surface area (Å²) < 4.78 is 27.3. The van der Waals surface area contributed by atoms with Crippen LogP contribution in [0.2, 0.25) is 0 Å². The predicted octanol–water partition coefficient (Wildman–Crippen LogP) is 2.26. The fraction of sp³-hybridized carbons (Fsp3) is 0.158. The average molecular weight is 371 g/mol. The molecular weight excluding hydrogens is 356 g/mol. The van der Waals surface area contributed by atoms with Crippen LogP contribution in [0.1, 0.15) is 11.3 Å². The monoisotopic (exact) mass is 371 g/mol. The normalized spacial score (nSPS) is 11.9. The maximum Gasteiger partial charge on any atom is 0.326 e. The van der Waals surface area contributed by atoms with Gasteiger partial charge in [0, 0.05) is 18.2 Å². The number of hydrogen-bond donors (Lipinski definition) is 2. The third-order valence-electron chi connectivity index (χ3n) is 3.94. The Morgan fingerprint density at radius 2 is 1.70 bits per heavy atom. The largest absolute Gasteiger partial charge is 0.480 e. The molecule has 3 aromatic rings. The number of carboxylic acids is 1. The van der Waals surface area contributed by atoms with Crippen molar-refractivity contribution in [3.63, 3.8) is 0 Å². The van der Waals surface area contributed by atoms with E-state index in [1.165, 1.54) is 12.3 Å². The summed E-state index contributed by atoms with van der Waals surface area (Å²) >= 11 is 0. The smallest absolute Gasteiger partial charge is 0.326 e. The van der Waals surface area contributed by atoms with Gasteiger partial charge in [0.2, 0.25) is 5.91 Å². The molecule has 3 rings (SSSR count). The molecule has 0 unspecified atom stereocenters. The van der Waals surface area contributed by atoms with Crippen LogP contribution < -0.4 is 5.32 Å². The number of carbonyl (C=O) groups is 2. The summed E-state index contributed by atoms with van der Waals surface area (Å²) in [4.78, 5) is 32.1. The molecule has 6 nitrogen and oxygen atoms in total. The van der Waals surface area contributed by atoms with E-state index in [1.54, 1.807) is 24.3 Å². The van der Waals surface area contributed by atoms with Gasteiger partial charge in [-0.05, 0) is 24.3 Å². The van der Waals surface area contributed by atoms with E-state index in [-0.39, 0.29) is 6.42 Å². The van der Waals surface area contributed by atoms with Crippen molar-refractivity contribution in [2.24, 2.45) is 0 Å². The third-order valence-corrected chi connectivity index (χ3v) is 3.94. The van der Waals surface area contributed by atoms with Crippen LogP contribution in [0.15, 0.2) is 48.7 Å². The molecule has 8 heteroatoms. The molecule has 138 valence electrons. The number of benzene rings is 2. The van der Waals surface area contributed by atoms with Gasteiger partial charge in [-0.3, -0.25) is 9.78 Å². The van der Waals surface area contributed by atoms with E-state index in [1.807, 2.05) is 0 Å². The first kappa shape index (κ1) is 18.4. The lowest BCUT2D eigenvalue weighted by Crippen LogP contribution is -2.43. The Hall–Kier alpha value is -3.42. The van der Waals surface area contributed by atoms with Gasteiger partial charge in [-0.1, -0.05) is 18.2 Å². The lowest BCUT2D eigenvalue weighted by molar-refractivity contribution is -0.141. The van der Waals surface area contributed by atoms with Crippen LogP contribution in [-0.2, 0) is 22.4 Å². The second kappa shape index (κ2) is 7.86. The maximum absolute atomic E-state index is 13.6. The first-order valence-electron chi connectivity index (χ1n) is 8.10. The number of hydrogen-bond acceptors (Lipinski definition) is 4. The fourth-order valence-corrected chi connectivity index (χ4v) is 2.61. The van der Waals surface area contributed by atoms with E-state index >= 15 is 0 Å². The van der Waals surface area contributed by atoms with Gasteiger partial charge in [-0.25, -0.2) is 18.6 Å². The van der Waals surface area contributed by atoms with Crippen LogP contribution in [0.25, 0.3) is 11.0 Å². The Bertz CT molecular complexity index is 990. The highest BCUT2D eigenvalue weighted by Crippen LogP contribution is 2.13. The summed E-state index contributed by atoms with van der Waals surface area (Å²) in [7, 11) is 0. The van der Waals surface area contributed by atoms with Crippen LogP contribution in [0, 0.1) is 11.6 Å². The molecule has 0 bridgehead atoms. The highest BCUT2D eigenvalue weighted by molar-refractivity contribution is 5.85. The van der Waals surface area contributed by atoms with E-state index in [0.29, 0.717) is 16.7 Å². The molecular formula is C19H15F2N3O3. The molecule has 0 spiro atoms. The highest BCUT2D eigenvalue weighted by Gasteiger charge is 2.23. The number of aliphatic carboxylic acids is 1. The quantitative estimate of drug-likeness (QED) is 0.693. The first-order valence-corrected chi connectivity index (χ1v) is 8.10. The van der Waals surface area contributed by atoms with Gasteiger partial charge in [0.1, 0.15) is 17.7 Å². The lowest BCUT2D eigenvalue weighted by atomic mass is 10.1. The Kier molecular flexibility index (Phi) is 5.35. The van der Waals surface area contributed by atoms with Crippen molar-refractivity contribution in [3.8, 4) is 0 Å². The number of carboxylic acid groups (broad SMARTS) is 1. The van der Waals surface area contributed by atoms with Crippen molar-refractivity contribution < 1.29 is 23.5 Å². The molecule has 2 aromatic carbocycles. The molecule has 0 aliphatic heterocycles. The molecule has 1 amide bonds. The van der Waals surface area contributed by atoms with Gasteiger partial charge in [0.15, 0.2) is 0 Å². The molecule has 1 heterocycles. The summed E-state index contributed by atoms with van der Waals surface area (Å²) in [5.74, 6) is -3.82. The summed E-state index contributed by atoms with van der Waals surface area (Å²) in [6, 6.07) is 9.04. The minimum absolute atomic E-state index is 0.112. The number of fused-ring (bicyclic) bond motifs is 1. The molecule has 0 saturated carbocycles. The Morgan fingerprint density at radius 3 is 2.37 bits per heavy atom. The van der Waals surface area contributed by atoms with Gasteiger partial charge in [-0.15, -0.1) is 0 Å². The van der Waals surface area contributed by atoms with Crippen molar-refractivity contribution in [1.29, 1.82) is 0 Å². The summed E-state index contributed by atoms with van der Waals surface area (Å²) in [6.07, 6.45) is 0.714. The number of para-hydroxylation sites is 2. The average Bonchev–Trinajstić information content (AvgIpc) is 2.64. The van der Waals surface area contributed by atoms with Crippen LogP contribution in [0.3, 0.4) is 0 Å². The Labute approximate surface area is 152 Å². The maximum atomic E-state index is 13.6. The SMILES string of the molecule is O=C(Cc1c(F)cccc1F)N[C@H](Cc1cnc2ccccc2n1)C(=O)O. The van der Waals surface area contributed by atoms with Gasteiger partial charge in [0.05, 0.1) is 23.1 Å². The zero-order chi connectivity index (χ0) is 19.4. The number of carbonyl (C=O) groups excluding carboxylic acids is 1. The second-order valence-electron chi connectivity index (χ2n) is 5.89. The molecule has 2 N–H and O–H groups in total. The Balaban J connectivity index is 1.73. The lowest BCUT2D eigenvalue weighted by Gasteiger charge is -2.15. The second-order valence-corrected chi connectivity index (χ2v) is 5.89. The van der Waals surface area contributed by atoms with E-state index in [0.717, 1.165) is 12.1 Å². The topological polar surface area (TPSA) is 92.2 Å². The molecule has 27 heavy (non-hydrogen) atoms. The summed E-state index contributed by atoms with van der Waals surface area (Å²) in [5, 5.41) is 11.6. The molecule has 1 atom stereocenters. The van der Waals surface area contributed by atoms with Crippen molar-refractivity contribution in [1.82, 2.24) is 15.3 Å². The van der Waals surface area contributed by atoms with Crippen molar-refractivity contribution >= 4 is 22.9 Å². The molecule has 0 aliphatic rings.